The molecule has 2 N–H and O–H groups in total. The molecule has 6 nitrogen and oxygen atoms in total. The van der Waals surface area contributed by atoms with Gasteiger partial charge in [-0.3, -0.25) is 4.79 Å². The molecule has 0 bridgehead atoms. The molecule has 7 heteroatoms. The summed E-state index contributed by atoms with van der Waals surface area (Å²) in [4.78, 5) is 23.9. The lowest BCUT2D eigenvalue weighted by molar-refractivity contribution is -0.120. The molecule has 120 valence electrons. The molecule has 2 aliphatic rings. The highest BCUT2D eigenvalue weighted by Gasteiger charge is 2.43. The number of nitrogens with one attached hydrogen (secondary N) is 1. The van der Waals surface area contributed by atoms with Crippen LogP contribution in [0.2, 0.25) is 0 Å². The standard InChI is InChI=1S/C16H16FN3O3/c17-9-4-3-5-10(8-9)18-16(23)20-19-13-14(21)11-6-1-2-7-12(11)15(13)22/h3-5,8,11-12,21H,1-2,6-7H2,(H,18,23). The number of Topliss-reactive ketones (excluding diaryl/α,β-unsaturated/α-hetero) is 1. The monoisotopic (exact) mass is 317 g/mol. The fraction of sp³-hybridized carbons (Fsp3) is 0.375. The second-order valence-electron chi connectivity index (χ2n) is 5.74. The van der Waals surface area contributed by atoms with Gasteiger partial charge >= 0.3 is 6.03 Å². The van der Waals surface area contributed by atoms with Crippen molar-refractivity contribution in [2.75, 3.05) is 5.32 Å². The van der Waals surface area contributed by atoms with Gasteiger partial charge in [0, 0.05) is 17.5 Å². The molecule has 0 radical (unpaired) electrons. The number of azo groups is 1. The summed E-state index contributed by atoms with van der Waals surface area (Å²) in [5.74, 6) is -1.26. The molecule has 1 saturated carbocycles. The molecule has 2 aliphatic carbocycles. The molecule has 2 unspecified atom stereocenters. The molecule has 0 aromatic heterocycles. The molecule has 0 spiro atoms. The first kappa shape index (κ1) is 15.3. The van der Waals surface area contributed by atoms with Crippen LogP contribution in [-0.4, -0.2) is 16.9 Å². The van der Waals surface area contributed by atoms with E-state index in [1.165, 1.54) is 18.2 Å². The molecule has 0 saturated heterocycles. The molecule has 0 heterocycles. The number of fused-ring (bicyclic) bond motifs is 1. The van der Waals surface area contributed by atoms with Crippen molar-refractivity contribution < 1.29 is 19.1 Å². The third-order valence-electron chi connectivity index (χ3n) is 4.25. The van der Waals surface area contributed by atoms with Crippen LogP contribution in [0.5, 0.6) is 0 Å². The normalized spacial score (nSPS) is 24.1. The zero-order chi connectivity index (χ0) is 16.4. The van der Waals surface area contributed by atoms with Gasteiger partial charge in [0.05, 0.1) is 0 Å². The van der Waals surface area contributed by atoms with E-state index in [4.69, 9.17) is 0 Å². The van der Waals surface area contributed by atoms with Crippen LogP contribution in [0, 0.1) is 17.7 Å². The summed E-state index contributed by atoms with van der Waals surface area (Å²) in [6, 6.07) is 4.50. The third-order valence-corrected chi connectivity index (χ3v) is 4.25. The molecular formula is C16H16FN3O3. The minimum absolute atomic E-state index is 0.0676. The number of urea groups is 1. The Hall–Kier alpha value is -2.57. The van der Waals surface area contributed by atoms with Gasteiger partial charge in [0.2, 0.25) is 0 Å². The van der Waals surface area contributed by atoms with E-state index in [2.05, 4.69) is 15.5 Å². The van der Waals surface area contributed by atoms with Crippen LogP contribution in [0.4, 0.5) is 14.9 Å². The van der Waals surface area contributed by atoms with Crippen molar-refractivity contribution in [2.45, 2.75) is 25.7 Å². The average Bonchev–Trinajstić information content (AvgIpc) is 2.77. The number of rotatable bonds is 2. The topological polar surface area (TPSA) is 91.1 Å². The lowest BCUT2D eigenvalue weighted by atomic mass is 9.80. The van der Waals surface area contributed by atoms with Gasteiger partial charge in [0.1, 0.15) is 11.6 Å². The summed E-state index contributed by atoms with van der Waals surface area (Å²) in [6.07, 6.45) is 3.38. The number of ketones is 1. The van der Waals surface area contributed by atoms with Gasteiger partial charge in [-0.2, -0.15) is 0 Å². The first-order valence-corrected chi connectivity index (χ1v) is 7.52. The fourth-order valence-corrected chi connectivity index (χ4v) is 3.16. The quantitative estimate of drug-likeness (QED) is 0.808. The fourth-order valence-electron chi connectivity index (χ4n) is 3.16. The smallest absolute Gasteiger partial charge is 0.364 e. The summed E-state index contributed by atoms with van der Waals surface area (Å²) >= 11 is 0. The maximum atomic E-state index is 13.0. The number of hydrogen-bond donors (Lipinski definition) is 2. The maximum Gasteiger partial charge on any atom is 0.364 e. The highest BCUT2D eigenvalue weighted by atomic mass is 19.1. The first-order chi connectivity index (χ1) is 11.1. The number of anilines is 1. The Balaban J connectivity index is 1.70. The highest BCUT2D eigenvalue weighted by molar-refractivity contribution is 6.00. The van der Waals surface area contributed by atoms with E-state index < -0.39 is 11.8 Å². The number of amides is 2. The van der Waals surface area contributed by atoms with E-state index in [1.54, 1.807) is 0 Å². The van der Waals surface area contributed by atoms with Gasteiger partial charge in [-0.15, -0.1) is 5.11 Å². The number of carbonyl (C=O) groups is 2. The van der Waals surface area contributed by atoms with E-state index in [9.17, 15) is 19.1 Å². The number of carbonyl (C=O) groups excluding carboxylic acids is 2. The number of aliphatic hydroxyl groups excluding tert-OH is 1. The van der Waals surface area contributed by atoms with Crippen molar-refractivity contribution >= 4 is 17.5 Å². The Bertz CT molecular complexity index is 714. The van der Waals surface area contributed by atoms with E-state index in [0.29, 0.717) is 0 Å². The third kappa shape index (κ3) is 3.13. The summed E-state index contributed by atoms with van der Waals surface area (Å²) in [7, 11) is 0. The molecule has 2 atom stereocenters. The lowest BCUT2D eigenvalue weighted by Crippen LogP contribution is -2.21. The van der Waals surface area contributed by atoms with Crippen molar-refractivity contribution in [3.63, 3.8) is 0 Å². The molecule has 23 heavy (non-hydrogen) atoms. The zero-order valence-electron chi connectivity index (χ0n) is 12.3. The van der Waals surface area contributed by atoms with Gasteiger partial charge in [-0.1, -0.05) is 24.0 Å². The first-order valence-electron chi connectivity index (χ1n) is 7.52. The van der Waals surface area contributed by atoms with Crippen molar-refractivity contribution in [2.24, 2.45) is 22.1 Å². The van der Waals surface area contributed by atoms with E-state index in [0.717, 1.165) is 31.7 Å². The van der Waals surface area contributed by atoms with Gasteiger partial charge in [-0.05, 0) is 31.0 Å². The number of allylic oxidation sites excluding steroid dienone is 2. The molecule has 3 rings (SSSR count). The number of halogens is 1. The second-order valence-corrected chi connectivity index (χ2v) is 5.74. The van der Waals surface area contributed by atoms with E-state index in [1.807, 2.05) is 0 Å². The molecule has 1 aromatic rings. The van der Waals surface area contributed by atoms with Crippen LogP contribution >= 0.6 is 0 Å². The molecular weight excluding hydrogens is 301 g/mol. The number of nitrogens with zero attached hydrogens (tertiary/aromatic N) is 2. The summed E-state index contributed by atoms with van der Waals surface area (Å²) in [5.41, 5.74) is 0.106. The molecule has 0 aliphatic heterocycles. The van der Waals surface area contributed by atoms with Gasteiger partial charge in [0.15, 0.2) is 11.5 Å². The largest absolute Gasteiger partial charge is 0.510 e. The van der Waals surface area contributed by atoms with Crippen molar-refractivity contribution in [1.29, 1.82) is 0 Å². The predicted octanol–water partition coefficient (Wildman–Crippen LogP) is 3.97. The minimum Gasteiger partial charge on any atom is -0.510 e. The summed E-state index contributed by atoms with van der Waals surface area (Å²) < 4.78 is 13.0. The Morgan fingerprint density at radius 1 is 1.26 bits per heavy atom. The Kier molecular flexibility index (Phi) is 4.18. The van der Waals surface area contributed by atoms with Crippen molar-refractivity contribution in [3.05, 3.63) is 41.5 Å². The zero-order valence-corrected chi connectivity index (χ0v) is 12.3. The van der Waals surface area contributed by atoms with Crippen molar-refractivity contribution in [1.82, 2.24) is 0 Å². The van der Waals surface area contributed by atoms with Gasteiger partial charge < -0.3 is 10.4 Å². The Morgan fingerprint density at radius 2 is 2.00 bits per heavy atom. The number of benzene rings is 1. The van der Waals surface area contributed by atoms with Crippen LogP contribution in [0.25, 0.3) is 0 Å². The van der Waals surface area contributed by atoms with Gasteiger partial charge in [-0.25, -0.2) is 9.18 Å². The summed E-state index contributed by atoms with van der Waals surface area (Å²) in [5, 5.41) is 19.5. The van der Waals surface area contributed by atoms with E-state index in [-0.39, 0.29) is 34.8 Å². The minimum atomic E-state index is -0.835. The number of aliphatic hydroxyl groups is 1. The second kappa shape index (κ2) is 6.28. The molecule has 1 aromatic carbocycles. The highest BCUT2D eigenvalue weighted by Crippen LogP contribution is 2.42. The average molecular weight is 317 g/mol. The SMILES string of the molecule is O=C(N=NC1=C(O)C2CCCCC2C1=O)Nc1cccc(F)c1. The predicted molar refractivity (Wildman–Crippen MR) is 80.4 cm³/mol. The number of hydrogen-bond acceptors (Lipinski definition) is 4. The lowest BCUT2D eigenvalue weighted by Gasteiger charge is -2.23. The Labute approximate surface area is 132 Å². The van der Waals surface area contributed by atoms with Crippen LogP contribution < -0.4 is 5.32 Å². The van der Waals surface area contributed by atoms with Crippen LogP contribution in [0.1, 0.15) is 25.7 Å². The maximum absolute atomic E-state index is 13.0. The Morgan fingerprint density at radius 3 is 2.70 bits per heavy atom. The van der Waals surface area contributed by atoms with Gasteiger partial charge in [0.25, 0.3) is 0 Å². The summed E-state index contributed by atoms with van der Waals surface area (Å²) in [6.45, 7) is 0. The van der Waals surface area contributed by atoms with E-state index >= 15 is 0 Å². The molecule has 2 amide bonds. The van der Waals surface area contributed by atoms with Crippen molar-refractivity contribution in [3.8, 4) is 0 Å². The molecule has 1 fully saturated rings. The van der Waals surface area contributed by atoms with Crippen LogP contribution in [0.15, 0.2) is 46.0 Å². The van der Waals surface area contributed by atoms with Crippen LogP contribution in [-0.2, 0) is 4.79 Å². The van der Waals surface area contributed by atoms with Crippen LogP contribution in [0.3, 0.4) is 0 Å².